The van der Waals surface area contributed by atoms with Crippen LogP contribution in [0.15, 0.2) is 18.2 Å². The van der Waals surface area contributed by atoms with Crippen LogP contribution in [0.4, 0.5) is 5.69 Å². The normalized spacial score (nSPS) is 10.6. The first-order valence-electron chi connectivity index (χ1n) is 6.50. The van der Waals surface area contributed by atoms with Crippen molar-refractivity contribution in [1.29, 1.82) is 0 Å². The van der Waals surface area contributed by atoms with Crippen LogP contribution < -0.4 is 11.1 Å². The number of nitrogens with two attached hydrogens (primary N) is 1. The molecule has 0 heterocycles. The molecule has 122 valence electrons. The molecule has 21 heavy (non-hydrogen) atoms. The van der Waals surface area contributed by atoms with Crippen molar-refractivity contribution in [2.75, 3.05) is 32.9 Å². The third-order valence-corrected chi connectivity index (χ3v) is 2.98. The van der Waals surface area contributed by atoms with Crippen LogP contribution in [0.5, 0.6) is 0 Å². The topological polar surface area (TPSA) is 58.4 Å². The van der Waals surface area contributed by atoms with Crippen molar-refractivity contribution in [3.63, 3.8) is 0 Å². The SMILES string of the molecule is Cc1ccc(N)cc1C(=O)NCC(C)(C)CN(C)C.Cl.Cl. The van der Waals surface area contributed by atoms with Crippen LogP contribution in [0.2, 0.25) is 0 Å². The van der Waals surface area contributed by atoms with Crippen LogP contribution in [0.25, 0.3) is 0 Å². The second-order valence-corrected chi connectivity index (χ2v) is 6.16. The monoisotopic (exact) mass is 335 g/mol. The standard InChI is InChI=1S/C15H25N3O.2ClH/c1-11-6-7-12(16)8-13(11)14(19)17-9-15(2,3)10-18(4)5;;/h6-8H,9-10,16H2,1-5H3,(H,17,19);2*1H. The number of benzene rings is 1. The number of carbonyl (C=O) groups is 1. The Bertz CT molecular complexity index is 462. The van der Waals surface area contributed by atoms with Crippen molar-refractivity contribution in [3.8, 4) is 0 Å². The lowest BCUT2D eigenvalue weighted by Crippen LogP contribution is -2.40. The van der Waals surface area contributed by atoms with E-state index in [0.717, 1.165) is 12.1 Å². The number of carbonyl (C=O) groups excluding carboxylic acids is 1. The lowest BCUT2D eigenvalue weighted by molar-refractivity contribution is 0.0928. The van der Waals surface area contributed by atoms with Gasteiger partial charge in [0.05, 0.1) is 0 Å². The fourth-order valence-electron chi connectivity index (χ4n) is 2.21. The van der Waals surface area contributed by atoms with Gasteiger partial charge in [-0.25, -0.2) is 0 Å². The summed E-state index contributed by atoms with van der Waals surface area (Å²) in [4.78, 5) is 14.3. The first-order chi connectivity index (χ1) is 8.71. The van der Waals surface area contributed by atoms with Crippen molar-refractivity contribution in [1.82, 2.24) is 10.2 Å². The molecule has 0 unspecified atom stereocenters. The molecule has 0 saturated carbocycles. The summed E-state index contributed by atoms with van der Waals surface area (Å²) in [7, 11) is 4.07. The summed E-state index contributed by atoms with van der Waals surface area (Å²) in [5.41, 5.74) is 7.97. The lowest BCUT2D eigenvalue weighted by atomic mass is 9.92. The minimum atomic E-state index is -0.0587. The summed E-state index contributed by atoms with van der Waals surface area (Å²) in [5, 5.41) is 2.99. The van der Waals surface area contributed by atoms with Crippen LogP contribution in [-0.2, 0) is 0 Å². The van der Waals surface area contributed by atoms with E-state index in [0.29, 0.717) is 17.8 Å². The number of hydrogen-bond donors (Lipinski definition) is 2. The van der Waals surface area contributed by atoms with E-state index in [-0.39, 0.29) is 36.1 Å². The molecule has 0 aliphatic heterocycles. The van der Waals surface area contributed by atoms with Crippen molar-refractivity contribution in [3.05, 3.63) is 29.3 Å². The van der Waals surface area contributed by atoms with Crippen molar-refractivity contribution in [2.24, 2.45) is 5.41 Å². The molecule has 3 N–H and O–H groups in total. The number of hydrogen-bond acceptors (Lipinski definition) is 3. The first-order valence-corrected chi connectivity index (χ1v) is 6.50. The highest BCUT2D eigenvalue weighted by Gasteiger charge is 2.20. The van der Waals surface area contributed by atoms with Gasteiger partial charge in [0.25, 0.3) is 5.91 Å². The van der Waals surface area contributed by atoms with Gasteiger partial charge in [0.1, 0.15) is 0 Å². The predicted molar refractivity (Wildman–Crippen MR) is 94.8 cm³/mol. The molecule has 1 rings (SSSR count). The second kappa shape index (κ2) is 9.13. The Morgan fingerprint density at radius 2 is 1.86 bits per heavy atom. The maximum absolute atomic E-state index is 12.2. The average molecular weight is 336 g/mol. The van der Waals surface area contributed by atoms with Gasteiger partial charge in [-0.3, -0.25) is 4.79 Å². The first kappa shape index (κ1) is 22.3. The van der Waals surface area contributed by atoms with Crippen molar-refractivity contribution in [2.45, 2.75) is 20.8 Å². The molecular weight excluding hydrogens is 309 g/mol. The van der Waals surface area contributed by atoms with Gasteiger partial charge in [-0.1, -0.05) is 19.9 Å². The molecular formula is C15H27Cl2N3O. The fraction of sp³-hybridized carbons (Fsp3) is 0.533. The van der Waals surface area contributed by atoms with Gasteiger partial charge in [0, 0.05) is 24.3 Å². The second-order valence-electron chi connectivity index (χ2n) is 6.16. The molecule has 0 spiro atoms. The van der Waals surface area contributed by atoms with E-state index in [9.17, 15) is 4.79 Å². The molecule has 6 heteroatoms. The molecule has 1 amide bonds. The lowest BCUT2D eigenvalue weighted by Gasteiger charge is -2.28. The Morgan fingerprint density at radius 1 is 1.29 bits per heavy atom. The Hall–Kier alpha value is -0.970. The zero-order valence-corrected chi connectivity index (χ0v) is 15.0. The molecule has 4 nitrogen and oxygen atoms in total. The Morgan fingerprint density at radius 3 is 2.38 bits per heavy atom. The van der Waals surface area contributed by atoms with Crippen LogP contribution >= 0.6 is 24.8 Å². The largest absolute Gasteiger partial charge is 0.399 e. The summed E-state index contributed by atoms with van der Waals surface area (Å²) >= 11 is 0. The number of aryl methyl sites for hydroxylation is 1. The van der Waals surface area contributed by atoms with Gasteiger partial charge in [-0.05, 0) is 44.1 Å². The number of anilines is 1. The highest BCUT2D eigenvalue weighted by Crippen LogP contribution is 2.16. The van der Waals surface area contributed by atoms with Crippen molar-refractivity contribution < 1.29 is 4.79 Å². The molecule has 0 saturated heterocycles. The summed E-state index contributed by atoms with van der Waals surface area (Å²) in [6.07, 6.45) is 0. The minimum Gasteiger partial charge on any atom is -0.399 e. The third kappa shape index (κ3) is 7.55. The number of nitrogen functional groups attached to an aromatic ring is 1. The number of amides is 1. The third-order valence-electron chi connectivity index (χ3n) is 2.98. The molecule has 0 fully saturated rings. The van der Waals surface area contributed by atoms with E-state index < -0.39 is 0 Å². The Balaban J connectivity index is 0. The summed E-state index contributed by atoms with van der Waals surface area (Å²) < 4.78 is 0. The summed E-state index contributed by atoms with van der Waals surface area (Å²) in [6, 6.07) is 5.40. The zero-order chi connectivity index (χ0) is 14.6. The number of halogens is 2. The molecule has 1 aromatic rings. The van der Waals surface area contributed by atoms with Gasteiger partial charge in [0.15, 0.2) is 0 Å². The molecule has 0 aliphatic rings. The molecule has 0 atom stereocenters. The van der Waals surface area contributed by atoms with Gasteiger partial charge in [-0.15, -0.1) is 24.8 Å². The van der Waals surface area contributed by atoms with E-state index in [1.807, 2.05) is 33.2 Å². The van der Waals surface area contributed by atoms with Crippen molar-refractivity contribution >= 4 is 36.4 Å². The Kier molecular flexibility index (Phi) is 9.70. The zero-order valence-electron chi connectivity index (χ0n) is 13.4. The van der Waals surface area contributed by atoms with Crippen LogP contribution in [-0.4, -0.2) is 38.0 Å². The van der Waals surface area contributed by atoms with Crippen LogP contribution in [0.1, 0.15) is 29.8 Å². The van der Waals surface area contributed by atoms with E-state index in [2.05, 4.69) is 24.1 Å². The maximum atomic E-state index is 12.2. The van der Waals surface area contributed by atoms with E-state index in [4.69, 9.17) is 5.73 Å². The highest BCUT2D eigenvalue weighted by molar-refractivity contribution is 5.96. The van der Waals surface area contributed by atoms with Gasteiger partial charge < -0.3 is 16.0 Å². The smallest absolute Gasteiger partial charge is 0.251 e. The number of nitrogens with zero attached hydrogens (tertiary/aromatic N) is 1. The number of rotatable bonds is 5. The quantitative estimate of drug-likeness (QED) is 0.813. The van der Waals surface area contributed by atoms with Crippen LogP contribution in [0, 0.1) is 12.3 Å². The van der Waals surface area contributed by atoms with Gasteiger partial charge in [-0.2, -0.15) is 0 Å². The molecule has 0 aromatic heterocycles. The molecule has 0 aliphatic carbocycles. The molecule has 0 radical (unpaired) electrons. The van der Waals surface area contributed by atoms with E-state index in [1.54, 1.807) is 6.07 Å². The summed E-state index contributed by atoms with van der Waals surface area (Å²) in [5.74, 6) is -0.0587. The highest BCUT2D eigenvalue weighted by atomic mass is 35.5. The molecule has 0 bridgehead atoms. The average Bonchev–Trinajstić information content (AvgIpc) is 2.27. The molecule has 1 aromatic carbocycles. The number of nitrogens with one attached hydrogen (secondary N) is 1. The maximum Gasteiger partial charge on any atom is 0.251 e. The summed E-state index contributed by atoms with van der Waals surface area (Å²) in [6.45, 7) is 7.75. The van der Waals surface area contributed by atoms with Gasteiger partial charge >= 0.3 is 0 Å². The fourth-order valence-corrected chi connectivity index (χ4v) is 2.21. The van der Waals surface area contributed by atoms with E-state index in [1.165, 1.54) is 0 Å². The van der Waals surface area contributed by atoms with Crippen LogP contribution in [0.3, 0.4) is 0 Å². The van der Waals surface area contributed by atoms with Gasteiger partial charge in [0.2, 0.25) is 0 Å². The Labute approximate surface area is 140 Å². The van der Waals surface area contributed by atoms with E-state index >= 15 is 0 Å². The predicted octanol–water partition coefficient (Wildman–Crippen LogP) is 2.74. The minimum absolute atomic E-state index is 0.